The molecule has 0 saturated carbocycles. The maximum Gasteiger partial charge on any atom is 0.408 e. The molecular weight excluding hydrogens is 258 g/mol. The van der Waals surface area contributed by atoms with E-state index in [9.17, 15) is 9.59 Å². The van der Waals surface area contributed by atoms with Crippen molar-refractivity contribution in [2.24, 2.45) is 0 Å². The number of nitrogens with zero attached hydrogens (tertiary/aromatic N) is 2. The molecule has 2 heterocycles. The monoisotopic (exact) mass is 279 g/mol. The van der Waals surface area contributed by atoms with Gasteiger partial charge in [-0.2, -0.15) is 0 Å². The summed E-state index contributed by atoms with van der Waals surface area (Å²) < 4.78 is 7.20. The molecular formula is C14H21N3O3. The van der Waals surface area contributed by atoms with Crippen LogP contribution in [-0.4, -0.2) is 27.5 Å². The van der Waals surface area contributed by atoms with Gasteiger partial charge in [0.2, 0.25) is 0 Å². The van der Waals surface area contributed by atoms with Gasteiger partial charge < -0.3 is 19.4 Å². The molecule has 0 radical (unpaired) electrons. The number of alkyl carbamates (subject to hydrolysis) is 1. The lowest BCUT2D eigenvalue weighted by Gasteiger charge is -2.21. The number of hydrogen-bond donors (Lipinski definition) is 1. The van der Waals surface area contributed by atoms with Crippen molar-refractivity contribution in [2.45, 2.75) is 58.2 Å². The average molecular weight is 279 g/mol. The standard InChI is InChI=1S/C14H21N3O3/c1-14(2,3)20-13(19)16-11(9-18)10-8-17-7-5-4-6-12(17)15-10/h8-9,11H,4-7H2,1-3H3,(H,16,19). The lowest BCUT2D eigenvalue weighted by atomic mass is 10.2. The highest BCUT2D eigenvalue weighted by Gasteiger charge is 2.23. The quantitative estimate of drug-likeness (QED) is 0.859. The minimum absolute atomic E-state index is 0.572. The minimum atomic E-state index is -0.761. The first kappa shape index (κ1) is 14.6. The fourth-order valence-electron chi connectivity index (χ4n) is 2.20. The van der Waals surface area contributed by atoms with E-state index in [1.165, 1.54) is 0 Å². The molecule has 1 aromatic rings. The largest absolute Gasteiger partial charge is 0.444 e. The van der Waals surface area contributed by atoms with Crippen molar-refractivity contribution in [1.82, 2.24) is 14.9 Å². The van der Waals surface area contributed by atoms with Gasteiger partial charge in [0.15, 0.2) is 0 Å². The van der Waals surface area contributed by atoms with E-state index < -0.39 is 17.7 Å². The van der Waals surface area contributed by atoms with Crippen LogP contribution in [0.25, 0.3) is 0 Å². The van der Waals surface area contributed by atoms with Crippen LogP contribution in [0.4, 0.5) is 4.79 Å². The highest BCUT2D eigenvalue weighted by molar-refractivity contribution is 5.74. The number of aldehydes is 1. The summed E-state index contributed by atoms with van der Waals surface area (Å²) >= 11 is 0. The maximum atomic E-state index is 11.7. The minimum Gasteiger partial charge on any atom is -0.444 e. The van der Waals surface area contributed by atoms with E-state index in [4.69, 9.17) is 4.74 Å². The average Bonchev–Trinajstić information content (AvgIpc) is 2.77. The molecule has 0 fully saturated rings. The summed E-state index contributed by atoms with van der Waals surface area (Å²) in [6.45, 7) is 6.24. The van der Waals surface area contributed by atoms with Crippen LogP contribution in [0.1, 0.15) is 51.2 Å². The molecule has 0 aromatic carbocycles. The van der Waals surface area contributed by atoms with Crippen LogP contribution in [0.2, 0.25) is 0 Å². The molecule has 20 heavy (non-hydrogen) atoms. The van der Waals surface area contributed by atoms with Crippen LogP contribution in [0.3, 0.4) is 0 Å². The highest BCUT2D eigenvalue weighted by Crippen LogP contribution is 2.18. The molecule has 6 nitrogen and oxygen atoms in total. The van der Waals surface area contributed by atoms with Gasteiger partial charge in [-0.1, -0.05) is 0 Å². The number of aryl methyl sites for hydroxylation is 2. The normalized spacial score (nSPS) is 16.1. The predicted molar refractivity (Wildman–Crippen MR) is 73.3 cm³/mol. The van der Waals surface area contributed by atoms with E-state index in [0.29, 0.717) is 12.0 Å². The Morgan fingerprint density at radius 3 is 2.85 bits per heavy atom. The van der Waals surface area contributed by atoms with Crippen molar-refractivity contribution in [3.63, 3.8) is 0 Å². The number of hydrogen-bond acceptors (Lipinski definition) is 4. The lowest BCUT2D eigenvalue weighted by molar-refractivity contribution is -0.109. The smallest absolute Gasteiger partial charge is 0.408 e. The Kier molecular flexibility index (Phi) is 4.11. The van der Waals surface area contributed by atoms with Crippen molar-refractivity contribution in [3.05, 3.63) is 17.7 Å². The van der Waals surface area contributed by atoms with E-state index in [-0.39, 0.29) is 0 Å². The molecule has 0 aliphatic carbocycles. The molecule has 1 unspecified atom stereocenters. The first-order valence-electron chi connectivity index (χ1n) is 6.90. The zero-order valence-corrected chi connectivity index (χ0v) is 12.2. The van der Waals surface area contributed by atoms with Crippen LogP contribution in [0, 0.1) is 0 Å². The Labute approximate surface area is 118 Å². The fraction of sp³-hybridized carbons (Fsp3) is 0.643. The van der Waals surface area contributed by atoms with E-state index in [1.54, 1.807) is 20.8 Å². The number of ether oxygens (including phenoxy) is 1. The van der Waals surface area contributed by atoms with E-state index in [2.05, 4.69) is 10.3 Å². The van der Waals surface area contributed by atoms with Gasteiger partial charge in [0.05, 0.1) is 5.69 Å². The highest BCUT2D eigenvalue weighted by atomic mass is 16.6. The molecule has 0 saturated heterocycles. The van der Waals surface area contributed by atoms with Crippen LogP contribution in [0.15, 0.2) is 6.20 Å². The number of carbonyl (C=O) groups excluding carboxylic acids is 2. The molecule has 0 spiro atoms. The Morgan fingerprint density at radius 1 is 1.50 bits per heavy atom. The Morgan fingerprint density at radius 2 is 2.25 bits per heavy atom. The molecule has 1 aliphatic heterocycles. The molecule has 110 valence electrons. The topological polar surface area (TPSA) is 73.2 Å². The van der Waals surface area contributed by atoms with Gasteiger partial charge in [0, 0.05) is 19.2 Å². The van der Waals surface area contributed by atoms with Gasteiger partial charge >= 0.3 is 6.09 Å². The number of aromatic nitrogens is 2. The van der Waals surface area contributed by atoms with E-state index in [0.717, 1.165) is 31.6 Å². The summed E-state index contributed by atoms with van der Waals surface area (Å²) in [5.41, 5.74) is -0.0203. The SMILES string of the molecule is CC(C)(C)OC(=O)NC(C=O)c1cn2c(n1)CCCC2. The summed E-state index contributed by atoms with van der Waals surface area (Å²) in [5, 5.41) is 2.54. The van der Waals surface area contributed by atoms with Gasteiger partial charge in [0.25, 0.3) is 0 Å². The van der Waals surface area contributed by atoms with Crippen LogP contribution >= 0.6 is 0 Å². The zero-order valence-electron chi connectivity index (χ0n) is 12.2. The maximum absolute atomic E-state index is 11.7. The molecule has 1 amide bonds. The molecule has 6 heteroatoms. The lowest BCUT2D eigenvalue weighted by Crippen LogP contribution is -2.35. The number of carbonyl (C=O) groups is 2. The van der Waals surface area contributed by atoms with Crippen molar-refractivity contribution >= 4 is 12.4 Å². The number of rotatable bonds is 3. The number of fused-ring (bicyclic) bond motifs is 1. The van der Waals surface area contributed by atoms with Gasteiger partial charge in [-0.3, -0.25) is 0 Å². The van der Waals surface area contributed by atoms with Crippen molar-refractivity contribution in [2.75, 3.05) is 0 Å². The third-order valence-corrected chi connectivity index (χ3v) is 3.05. The number of amides is 1. The van der Waals surface area contributed by atoms with Crippen molar-refractivity contribution < 1.29 is 14.3 Å². The van der Waals surface area contributed by atoms with E-state index in [1.807, 2.05) is 10.8 Å². The van der Waals surface area contributed by atoms with Gasteiger partial charge in [0.1, 0.15) is 23.8 Å². The third kappa shape index (κ3) is 3.59. The third-order valence-electron chi connectivity index (χ3n) is 3.05. The molecule has 0 bridgehead atoms. The second kappa shape index (κ2) is 5.64. The first-order valence-corrected chi connectivity index (χ1v) is 6.90. The van der Waals surface area contributed by atoms with Gasteiger partial charge in [-0.15, -0.1) is 0 Å². The second-order valence-corrected chi connectivity index (χ2v) is 5.99. The first-order chi connectivity index (χ1) is 9.39. The van der Waals surface area contributed by atoms with Gasteiger partial charge in [-0.25, -0.2) is 9.78 Å². The summed E-state index contributed by atoms with van der Waals surface area (Å²) in [6, 6.07) is -0.761. The summed E-state index contributed by atoms with van der Waals surface area (Å²) in [5.74, 6) is 0.976. The molecule has 1 aromatic heterocycles. The summed E-state index contributed by atoms with van der Waals surface area (Å²) in [4.78, 5) is 27.4. The Balaban J connectivity index is 2.06. The molecule has 2 rings (SSSR count). The summed E-state index contributed by atoms with van der Waals surface area (Å²) in [6.07, 6.45) is 5.05. The molecule has 1 aliphatic rings. The fourth-order valence-corrected chi connectivity index (χ4v) is 2.20. The van der Waals surface area contributed by atoms with Crippen molar-refractivity contribution in [3.8, 4) is 0 Å². The van der Waals surface area contributed by atoms with Crippen LogP contribution < -0.4 is 5.32 Å². The van der Waals surface area contributed by atoms with E-state index >= 15 is 0 Å². The Bertz CT molecular complexity index is 479. The van der Waals surface area contributed by atoms with Crippen molar-refractivity contribution in [1.29, 1.82) is 0 Å². The molecule has 1 N–H and O–H groups in total. The van der Waals surface area contributed by atoms with Crippen LogP contribution in [0.5, 0.6) is 0 Å². The number of nitrogens with one attached hydrogen (secondary N) is 1. The molecule has 1 atom stereocenters. The van der Waals surface area contributed by atoms with Crippen LogP contribution in [-0.2, 0) is 22.5 Å². The summed E-state index contributed by atoms with van der Waals surface area (Å²) in [7, 11) is 0. The predicted octanol–water partition coefficient (Wildman–Crippen LogP) is 1.98. The second-order valence-electron chi connectivity index (χ2n) is 5.99. The van der Waals surface area contributed by atoms with Gasteiger partial charge in [-0.05, 0) is 33.6 Å². The number of imidazole rings is 1. The Hall–Kier alpha value is -1.85. The zero-order chi connectivity index (χ0) is 14.8.